The molecule has 0 bridgehead atoms. The van der Waals surface area contributed by atoms with Gasteiger partial charge < -0.3 is 15.6 Å². The van der Waals surface area contributed by atoms with E-state index in [-0.39, 0.29) is 6.61 Å². The third-order valence-corrected chi connectivity index (χ3v) is 2.71. The molecule has 0 aliphatic carbocycles. The SMILES string of the molecule is Nc1ccc(C(O)COCc2ccccc2)cc1. The van der Waals surface area contributed by atoms with Gasteiger partial charge in [0.1, 0.15) is 6.10 Å². The van der Waals surface area contributed by atoms with Gasteiger partial charge in [0.05, 0.1) is 13.2 Å². The van der Waals surface area contributed by atoms with Crippen LogP contribution in [0.2, 0.25) is 0 Å². The molecule has 2 aromatic carbocycles. The van der Waals surface area contributed by atoms with E-state index in [1.165, 1.54) is 0 Å². The van der Waals surface area contributed by atoms with E-state index in [9.17, 15) is 5.11 Å². The van der Waals surface area contributed by atoms with E-state index >= 15 is 0 Å². The molecule has 3 N–H and O–H groups in total. The summed E-state index contributed by atoms with van der Waals surface area (Å²) < 4.78 is 5.48. The minimum atomic E-state index is -0.616. The average Bonchev–Trinajstić information content (AvgIpc) is 2.40. The van der Waals surface area contributed by atoms with Crippen molar-refractivity contribution in [3.63, 3.8) is 0 Å². The molecule has 0 heterocycles. The number of nitrogens with two attached hydrogens (primary N) is 1. The summed E-state index contributed by atoms with van der Waals surface area (Å²) in [7, 11) is 0. The first-order chi connectivity index (χ1) is 8.75. The van der Waals surface area contributed by atoms with Crippen molar-refractivity contribution in [2.24, 2.45) is 0 Å². The number of anilines is 1. The highest BCUT2D eigenvalue weighted by Crippen LogP contribution is 2.15. The second-order valence-electron chi connectivity index (χ2n) is 4.18. The van der Waals surface area contributed by atoms with Crippen LogP contribution in [-0.4, -0.2) is 11.7 Å². The number of aliphatic hydroxyl groups excluding tert-OH is 1. The Labute approximate surface area is 107 Å². The molecule has 3 heteroatoms. The summed E-state index contributed by atoms with van der Waals surface area (Å²) >= 11 is 0. The summed E-state index contributed by atoms with van der Waals surface area (Å²) in [6, 6.07) is 17.1. The topological polar surface area (TPSA) is 55.5 Å². The first kappa shape index (κ1) is 12.6. The van der Waals surface area contributed by atoms with Crippen molar-refractivity contribution in [2.45, 2.75) is 12.7 Å². The van der Waals surface area contributed by atoms with Crippen molar-refractivity contribution in [1.29, 1.82) is 0 Å². The van der Waals surface area contributed by atoms with E-state index < -0.39 is 6.10 Å². The van der Waals surface area contributed by atoms with Gasteiger partial charge in [0.15, 0.2) is 0 Å². The zero-order valence-corrected chi connectivity index (χ0v) is 10.1. The summed E-state index contributed by atoms with van der Waals surface area (Å²) in [4.78, 5) is 0. The lowest BCUT2D eigenvalue weighted by Gasteiger charge is -2.12. The van der Waals surface area contributed by atoms with E-state index in [4.69, 9.17) is 10.5 Å². The van der Waals surface area contributed by atoms with Crippen LogP contribution in [0.3, 0.4) is 0 Å². The second-order valence-corrected chi connectivity index (χ2v) is 4.18. The van der Waals surface area contributed by atoms with Gasteiger partial charge in [-0.1, -0.05) is 42.5 Å². The summed E-state index contributed by atoms with van der Waals surface area (Å²) in [5.74, 6) is 0. The Bertz CT molecular complexity index is 468. The van der Waals surface area contributed by atoms with Crippen LogP contribution in [0.1, 0.15) is 17.2 Å². The maximum absolute atomic E-state index is 9.92. The van der Waals surface area contributed by atoms with E-state index in [2.05, 4.69) is 0 Å². The molecule has 2 aromatic rings. The Kier molecular flexibility index (Phi) is 4.34. The largest absolute Gasteiger partial charge is 0.399 e. The van der Waals surface area contributed by atoms with E-state index in [1.54, 1.807) is 12.1 Å². The molecule has 0 amide bonds. The molecule has 2 rings (SSSR count). The molecule has 1 atom stereocenters. The van der Waals surface area contributed by atoms with Crippen molar-refractivity contribution in [3.8, 4) is 0 Å². The summed E-state index contributed by atoms with van der Waals surface area (Å²) in [6.45, 7) is 0.783. The van der Waals surface area contributed by atoms with E-state index in [1.807, 2.05) is 42.5 Å². The lowest BCUT2D eigenvalue weighted by atomic mass is 10.1. The standard InChI is InChI=1S/C15H17NO2/c16-14-8-6-13(7-9-14)15(17)11-18-10-12-4-2-1-3-5-12/h1-9,15,17H,10-11,16H2. The van der Waals surface area contributed by atoms with Crippen molar-refractivity contribution in [2.75, 3.05) is 12.3 Å². The Morgan fingerprint density at radius 2 is 1.67 bits per heavy atom. The number of hydrogen-bond donors (Lipinski definition) is 2. The van der Waals surface area contributed by atoms with Gasteiger partial charge >= 0.3 is 0 Å². The second kappa shape index (κ2) is 6.19. The molecule has 0 spiro atoms. The van der Waals surface area contributed by atoms with Crippen LogP contribution in [0, 0.1) is 0 Å². The summed E-state index contributed by atoms with van der Waals surface area (Å²) in [5.41, 5.74) is 8.20. The van der Waals surface area contributed by atoms with Crippen LogP contribution in [0.15, 0.2) is 54.6 Å². The van der Waals surface area contributed by atoms with Crippen molar-refractivity contribution < 1.29 is 9.84 Å². The first-order valence-electron chi connectivity index (χ1n) is 5.91. The third kappa shape index (κ3) is 3.58. The van der Waals surface area contributed by atoms with Gasteiger partial charge in [0.2, 0.25) is 0 Å². The molecular weight excluding hydrogens is 226 g/mol. The van der Waals surface area contributed by atoms with Gasteiger partial charge in [0, 0.05) is 5.69 Å². The molecule has 18 heavy (non-hydrogen) atoms. The number of ether oxygens (including phenoxy) is 1. The summed E-state index contributed by atoms with van der Waals surface area (Å²) in [5, 5.41) is 9.92. The molecule has 1 unspecified atom stereocenters. The third-order valence-electron chi connectivity index (χ3n) is 2.71. The minimum absolute atomic E-state index is 0.277. The zero-order valence-electron chi connectivity index (χ0n) is 10.1. The Morgan fingerprint density at radius 1 is 1.00 bits per heavy atom. The first-order valence-corrected chi connectivity index (χ1v) is 5.91. The highest BCUT2D eigenvalue weighted by atomic mass is 16.5. The number of rotatable bonds is 5. The Balaban J connectivity index is 1.81. The molecule has 0 radical (unpaired) electrons. The molecule has 0 aromatic heterocycles. The van der Waals surface area contributed by atoms with Gasteiger partial charge in [0.25, 0.3) is 0 Å². The van der Waals surface area contributed by atoms with E-state index in [0.717, 1.165) is 11.1 Å². The van der Waals surface area contributed by atoms with E-state index in [0.29, 0.717) is 12.3 Å². The van der Waals surface area contributed by atoms with Crippen molar-refractivity contribution in [1.82, 2.24) is 0 Å². The predicted octanol–water partition coefficient (Wildman–Crippen LogP) is 2.52. The maximum Gasteiger partial charge on any atom is 0.102 e. The fourth-order valence-corrected chi connectivity index (χ4v) is 1.68. The fraction of sp³-hybridized carbons (Fsp3) is 0.200. The molecule has 3 nitrogen and oxygen atoms in total. The Morgan fingerprint density at radius 3 is 2.33 bits per heavy atom. The molecule has 0 fully saturated rings. The lowest BCUT2D eigenvalue weighted by molar-refractivity contribution is 0.0277. The zero-order chi connectivity index (χ0) is 12.8. The highest BCUT2D eigenvalue weighted by molar-refractivity contribution is 5.39. The normalized spacial score (nSPS) is 12.3. The number of hydrogen-bond acceptors (Lipinski definition) is 3. The minimum Gasteiger partial charge on any atom is -0.399 e. The van der Waals surface area contributed by atoms with Gasteiger partial charge in [-0.3, -0.25) is 0 Å². The quantitative estimate of drug-likeness (QED) is 0.793. The molecule has 0 saturated carbocycles. The predicted molar refractivity (Wildman–Crippen MR) is 71.9 cm³/mol. The molecule has 94 valence electrons. The van der Waals surface area contributed by atoms with Crippen LogP contribution in [0.25, 0.3) is 0 Å². The number of aliphatic hydroxyl groups is 1. The number of benzene rings is 2. The molecule has 0 aliphatic rings. The smallest absolute Gasteiger partial charge is 0.102 e. The van der Waals surface area contributed by atoms with Gasteiger partial charge in [-0.25, -0.2) is 0 Å². The molecular formula is C15H17NO2. The maximum atomic E-state index is 9.92. The van der Waals surface area contributed by atoms with Gasteiger partial charge in [-0.05, 0) is 23.3 Å². The van der Waals surface area contributed by atoms with Crippen molar-refractivity contribution in [3.05, 3.63) is 65.7 Å². The van der Waals surface area contributed by atoms with Gasteiger partial charge in [-0.2, -0.15) is 0 Å². The number of nitrogen functional groups attached to an aromatic ring is 1. The van der Waals surface area contributed by atoms with Crippen LogP contribution in [-0.2, 0) is 11.3 Å². The highest BCUT2D eigenvalue weighted by Gasteiger charge is 2.07. The summed E-state index contributed by atoms with van der Waals surface area (Å²) in [6.07, 6.45) is -0.616. The van der Waals surface area contributed by atoms with Gasteiger partial charge in [-0.15, -0.1) is 0 Å². The van der Waals surface area contributed by atoms with Crippen LogP contribution >= 0.6 is 0 Å². The monoisotopic (exact) mass is 243 g/mol. The Hall–Kier alpha value is -1.84. The molecule has 0 aliphatic heterocycles. The van der Waals surface area contributed by atoms with Crippen LogP contribution in [0.4, 0.5) is 5.69 Å². The van der Waals surface area contributed by atoms with Crippen LogP contribution < -0.4 is 5.73 Å². The van der Waals surface area contributed by atoms with Crippen molar-refractivity contribution >= 4 is 5.69 Å². The molecule has 0 saturated heterocycles. The fourth-order valence-electron chi connectivity index (χ4n) is 1.68. The average molecular weight is 243 g/mol. The lowest BCUT2D eigenvalue weighted by Crippen LogP contribution is -2.07. The van der Waals surface area contributed by atoms with Crippen LogP contribution in [0.5, 0.6) is 0 Å².